The summed E-state index contributed by atoms with van der Waals surface area (Å²) in [6.45, 7) is 5.05. The van der Waals surface area contributed by atoms with Gasteiger partial charge in [0.2, 0.25) is 0 Å². The average Bonchev–Trinajstić information content (AvgIpc) is 2.35. The van der Waals surface area contributed by atoms with Gasteiger partial charge < -0.3 is 10.3 Å². The van der Waals surface area contributed by atoms with Crippen LogP contribution in [0, 0.1) is 0 Å². The summed E-state index contributed by atoms with van der Waals surface area (Å²) in [4.78, 5) is 13.4. The highest BCUT2D eigenvalue weighted by molar-refractivity contribution is 9.11. The first-order chi connectivity index (χ1) is 5.68. The fraction of sp³-hybridized carbons (Fsp3) is 0.286. The lowest BCUT2D eigenvalue weighted by molar-refractivity contribution is 0.741. The van der Waals surface area contributed by atoms with Crippen molar-refractivity contribution in [2.24, 2.45) is 0 Å². The molecule has 1 aromatic heterocycles. The topological polar surface area (TPSA) is 44.9 Å². The Balaban J connectivity index is 2.33. The van der Waals surface area contributed by atoms with Crippen molar-refractivity contribution in [1.82, 2.24) is 10.3 Å². The summed E-state index contributed by atoms with van der Waals surface area (Å²) in [5.41, 5.74) is 0.916. The van der Waals surface area contributed by atoms with Crippen LogP contribution in [0.1, 0.15) is 5.69 Å². The summed E-state index contributed by atoms with van der Waals surface area (Å²) >= 11 is 4.40. The van der Waals surface area contributed by atoms with E-state index in [-0.39, 0.29) is 4.87 Å². The van der Waals surface area contributed by atoms with Gasteiger partial charge >= 0.3 is 4.87 Å². The van der Waals surface area contributed by atoms with Gasteiger partial charge in [-0.25, -0.2) is 0 Å². The fourth-order valence-corrected chi connectivity index (χ4v) is 1.51. The molecule has 0 saturated heterocycles. The molecule has 0 unspecified atom stereocenters. The highest BCUT2D eigenvalue weighted by Crippen LogP contribution is 1.99. The van der Waals surface area contributed by atoms with Crippen molar-refractivity contribution in [3.63, 3.8) is 0 Å². The fourth-order valence-electron chi connectivity index (χ4n) is 0.733. The minimum atomic E-state index is -0.00975. The molecule has 0 fully saturated rings. The van der Waals surface area contributed by atoms with Crippen LogP contribution in [-0.4, -0.2) is 11.5 Å². The van der Waals surface area contributed by atoms with Crippen LogP contribution in [0.3, 0.4) is 0 Å². The zero-order valence-electron chi connectivity index (χ0n) is 6.39. The molecule has 1 aromatic rings. The van der Waals surface area contributed by atoms with E-state index in [1.807, 2.05) is 5.38 Å². The number of thiazole rings is 1. The van der Waals surface area contributed by atoms with Gasteiger partial charge in [-0.2, -0.15) is 0 Å². The first-order valence-corrected chi connectivity index (χ1v) is 5.06. The molecule has 0 aromatic carbocycles. The predicted octanol–water partition coefficient (Wildman–Crippen LogP) is 1.43. The lowest BCUT2D eigenvalue weighted by Crippen LogP contribution is -2.15. The van der Waals surface area contributed by atoms with Gasteiger partial charge in [0.15, 0.2) is 0 Å². The van der Waals surface area contributed by atoms with Crippen LogP contribution in [-0.2, 0) is 6.54 Å². The van der Waals surface area contributed by atoms with E-state index in [9.17, 15) is 4.79 Å². The maximum Gasteiger partial charge on any atom is 0.304 e. The minimum Gasteiger partial charge on any atom is -0.315 e. The van der Waals surface area contributed by atoms with Gasteiger partial charge in [-0.05, 0) is 0 Å². The third-order valence-corrected chi connectivity index (χ3v) is 2.20. The van der Waals surface area contributed by atoms with Crippen molar-refractivity contribution >= 4 is 27.3 Å². The molecular weight excluding hydrogens is 240 g/mol. The Hall–Kier alpha value is -0.390. The molecule has 1 heterocycles. The summed E-state index contributed by atoms with van der Waals surface area (Å²) in [5, 5.41) is 4.92. The molecular formula is C7H9BrN2OS. The second kappa shape index (κ2) is 4.59. The molecule has 0 spiro atoms. The smallest absolute Gasteiger partial charge is 0.304 e. The van der Waals surface area contributed by atoms with E-state index >= 15 is 0 Å². The van der Waals surface area contributed by atoms with Crippen LogP contribution in [0.2, 0.25) is 0 Å². The zero-order chi connectivity index (χ0) is 8.97. The molecule has 0 aliphatic rings. The van der Waals surface area contributed by atoms with Gasteiger partial charge in [0.25, 0.3) is 0 Å². The van der Waals surface area contributed by atoms with Crippen molar-refractivity contribution in [2.45, 2.75) is 6.54 Å². The first kappa shape index (κ1) is 9.70. The lowest BCUT2D eigenvalue weighted by Gasteiger charge is -1.99. The molecule has 0 saturated carbocycles. The zero-order valence-corrected chi connectivity index (χ0v) is 8.80. The second-order valence-electron chi connectivity index (χ2n) is 2.29. The summed E-state index contributed by atoms with van der Waals surface area (Å²) in [6, 6.07) is 0. The molecule has 5 heteroatoms. The highest BCUT2D eigenvalue weighted by Gasteiger charge is 1.95. The van der Waals surface area contributed by atoms with E-state index in [2.05, 4.69) is 32.8 Å². The number of nitrogens with one attached hydrogen (secondary N) is 2. The third kappa shape index (κ3) is 3.34. The summed E-state index contributed by atoms with van der Waals surface area (Å²) in [6.07, 6.45) is 0. The van der Waals surface area contributed by atoms with Gasteiger partial charge in [-0.1, -0.05) is 33.8 Å². The van der Waals surface area contributed by atoms with E-state index < -0.39 is 0 Å². The standard InChI is InChI=1S/C7H9BrN2OS/c1-5(8)2-9-3-6-4-12-7(11)10-6/h4,9H,1-3H2,(H,10,11). The van der Waals surface area contributed by atoms with Crippen LogP contribution in [0.5, 0.6) is 0 Å². The quantitative estimate of drug-likeness (QED) is 0.847. The number of aromatic nitrogens is 1. The first-order valence-electron chi connectivity index (χ1n) is 3.39. The number of aromatic amines is 1. The third-order valence-electron chi connectivity index (χ3n) is 1.20. The van der Waals surface area contributed by atoms with E-state index in [1.54, 1.807) is 0 Å². The SMILES string of the molecule is C=C(Br)CNCc1csc(=O)[nH]1. The van der Waals surface area contributed by atoms with Crippen molar-refractivity contribution < 1.29 is 0 Å². The predicted molar refractivity (Wildman–Crippen MR) is 54.7 cm³/mol. The van der Waals surface area contributed by atoms with Crippen LogP contribution >= 0.6 is 27.3 Å². The van der Waals surface area contributed by atoms with Crippen molar-refractivity contribution in [2.75, 3.05) is 6.54 Å². The molecule has 0 aliphatic carbocycles. The van der Waals surface area contributed by atoms with Crippen LogP contribution in [0.4, 0.5) is 0 Å². The average molecular weight is 249 g/mol. The monoisotopic (exact) mass is 248 g/mol. The molecule has 66 valence electrons. The maximum absolute atomic E-state index is 10.7. The highest BCUT2D eigenvalue weighted by atomic mass is 79.9. The molecule has 0 bridgehead atoms. The number of hydrogen-bond donors (Lipinski definition) is 2. The van der Waals surface area contributed by atoms with Crippen LogP contribution in [0.15, 0.2) is 21.2 Å². The van der Waals surface area contributed by atoms with Crippen molar-refractivity contribution in [3.05, 3.63) is 31.8 Å². The van der Waals surface area contributed by atoms with Gasteiger partial charge in [0.05, 0.1) is 0 Å². The van der Waals surface area contributed by atoms with E-state index in [0.717, 1.165) is 10.2 Å². The number of halogens is 1. The Bertz CT molecular complexity index is 317. The molecule has 0 atom stereocenters. The molecule has 0 amide bonds. The van der Waals surface area contributed by atoms with Crippen LogP contribution < -0.4 is 10.2 Å². The summed E-state index contributed by atoms with van der Waals surface area (Å²) in [7, 11) is 0. The molecule has 3 nitrogen and oxygen atoms in total. The number of H-pyrrole nitrogens is 1. The molecule has 1 rings (SSSR count). The number of hydrogen-bond acceptors (Lipinski definition) is 3. The molecule has 12 heavy (non-hydrogen) atoms. The second-order valence-corrected chi connectivity index (χ2v) is 4.26. The Morgan fingerprint density at radius 3 is 3.08 bits per heavy atom. The van der Waals surface area contributed by atoms with E-state index in [4.69, 9.17) is 0 Å². The lowest BCUT2D eigenvalue weighted by atomic mass is 10.5. The Morgan fingerprint density at radius 2 is 2.58 bits per heavy atom. The molecule has 0 radical (unpaired) electrons. The Labute approximate surface area is 82.6 Å². The van der Waals surface area contributed by atoms with Crippen molar-refractivity contribution in [1.29, 1.82) is 0 Å². The van der Waals surface area contributed by atoms with Gasteiger partial charge in [-0.3, -0.25) is 4.79 Å². The van der Waals surface area contributed by atoms with Gasteiger partial charge in [-0.15, -0.1) is 0 Å². The van der Waals surface area contributed by atoms with Gasteiger partial charge in [0, 0.05) is 28.6 Å². The Morgan fingerprint density at radius 1 is 1.83 bits per heavy atom. The number of rotatable bonds is 4. The van der Waals surface area contributed by atoms with E-state index in [0.29, 0.717) is 13.1 Å². The summed E-state index contributed by atoms with van der Waals surface area (Å²) in [5.74, 6) is 0. The molecule has 2 N–H and O–H groups in total. The summed E-state index contributed by atoms with van der Waals surface area (Å²) < 4.78 is 0.903. The molecule has 0 aliphatic heterocycles. The minimum absolute atomic E-state index is 0.00975. The largest absolute Gasteiger partial charge is 0.315 e. The van der Waals surface area contributed by atoms with E-state index in [1.165, 1.54) is 11.3 Å². The normalized spacial score (nSPS) is 10.1. The Kier molecular flexibility index (Phi) is 3.71. The van der Waals surface area contributed by atoms with Gasteiger partial charge in [0.1, 0.15) is 0 Å². The van der Waals surface area contributed by atoms with Crippen LogP contribution in [0.25, 0.3) is 0 Å². The van der Waals surface area contributed by atoms with Crippen molar-refractivity contribution in [3.8, 4) is 0 Å². The maximum atomic E-state index is 10.7.